The minimum absolute atomic E-state index is 0.350. The second kappa shape index (κ2) is 6.16. The molecule has 2 aromatic heterocycles. The Morgan fingerprint density at radius 2 is 2.08 bits per heavy atom. The van der Waals surface area contributed by atoms with E-state index in [2.05, 4.69) is 0 Å². The molecule has 3 heterocycles. The van der Waals surface area contributed by atoms with E-state index in [1.165, 1.54) is 16.2 Å². The summed E-state index contributed by atoms with van der Waals surface area (Å²) in [6.07, 6.45) is -5.20. The lowest BCUT2D eigenvalue weighted by atomic mass is 9.95. The van der Waals surface area contributed by atoms with Crippen molar-refractivity contribution in [3.63, 3.8) is 0 Å². The predicted molar refractivity (Wildman–Crippen MR) is 87.2 cm³/mol. The lowest BCUT2D eigenvalue weighted by Crippen LogP contribution is -2.48. The van der Waals surface area contributed by atoms with Crippen LogP contribution in [0.25, 0.3) is 0 Å². The predicted octanol–water partition coefficient (Wildman–Crippen LogP) is 3.99. The summed E-state index contributed by atoms with van der Waals surface area (Å²) >= 11 is 3.06. The molecular formula is C16H16F3NO2S2. The molecule has 0 bridgehead atoms. The number of carbonyl (C=O) groups is 1. The Morgan fingerprint density at radius 1 is 1.33 bits per heavy atom. The molecule has 2 aromatic rings. The summed E-state index contributed by atoms with van der Waals surface area (Å²) in [7, 11) is 0. The van der Waals surface area contributed by atoms with Crippen molar-refractivity contribution in [1.29, 1.82) is 0 Å². The number of amides is 1. The van der Waals surface area contributed by atoms with Crippen molar-refractivity contribution in [3.05, 3.63) is 44.3 Å². The van der Waals surface area contributed by atoms with Crippen molar-refractivity contribution in [3.8, 4) is 0 Å². The highest BCUT2D eigenvalue weighted by molar-refractivity contribution is 7.10. The normalized spacial score (nSPS) is 20.5. The summed E-state index contributed by atoms with van der Waals surface area (Å²) in [5.41, 5.74) is -2.06. The molecule has 0 saturated heterocycles. The molecule has 3 nitrogen and oxygen atoms in total. The number of hydrogen-bond donors (Lipinski definition) is 1. The van der Waals surface area contributed by atoms with E-state index >= 15 is 0 Å². The highest BCUT2D eigenvalue weighted by Crippen LogP contribution is 2.41. The van der Waals surface area contributed by atoms with E-state index in [0.29, 0.717) is 19.9 Å². The Labute approximate surface area is 145 Å². The topological polar surface area (TPSA) is 40.5 Å². The van der Waals surface area contributed by atoms with Gasteiger partial charge in [0.05, 0.1) is 12.5 Å². The van der Waals surface area contributed by atoms with Crippen LogP contribution in [0.1, 0.15) is 34.7 Å². The third-order valence-corrected chi connectivity index (χ3v) is 6.13. The monoisotopic (exact) mass is 375 g/mol. The van der Waals surface area contributed by atoms with E-state index in [4.69, 9.17) is 0 Å². The zero-order valence-electron chi connectivity index (χ0n) is 12.8. The molecule has 8 heteroatoms. The molecular weight excluding hydrogens is 359 g/mol. The van der Waals surface area contributed by atoms with Crippen molar-refractivity contribution < 1.29 is 23.1 Å². The molecule has 130 valence electrons. The van der Waals surface area contributed by atoms with Crippen molar-refractivity contribution in [2.45, 2.75) is 37.6 Å². The van der Waals surface area contributed by atoms with Crippen LogP contribution in [-0.2, 0) is 11.2 Å². The fourth-order valence-electron chi connectivity index (χ4n) is 2.83. The summed E-state index contributed by atoms with van der Waals surface area (Å²) in [6.45, 7) is 0.994. The van der Waals surface area contributed by atoms with Gasteiger partial charge in [-0.05, 0) is 41.8 Å². The molecule has 0 radical (unpaired) electrons. The van der Waals surface area contributed by atoms with Crippen LogP contribution in [0.3, 0.4) is 0 Å². The summed E-state index contributed by atoms with van der Waals surface area (Å²) in [6, 6.07) is 5.28. The Morgan fingerprint density at radius 3 is 2.71 bits per heavy atom. The molecule has 1 aliphatic rings. The zero-order valence-corrected chi connectivity index (χ0v) is 14.5. The van der Waals surface area contributed by atoms with Gasteiger partial charge >= 0.3 is 6.18 Å². The minimum atomic E-state index is -4.84. The molecule has 0 aromatic carbocycles. The molecule has 3 rings (SSSR count). The maximum absolute atomic E-state index is 12.9. The quantitative estimate of drug-likeness (QED) is 0.881. The smallest absolute Gasteiger partial charge is 0.380 e. The van der Waals surface area contributed by atoms with E-state index in [1.807, 2.05) is 29.0 Å². The number of alkyl halides is 3. The van der Waals surface area contributed by atoms with Crippen LogP contribution in [0.4, 0.5) is 13.2 Å². The maximum Gasteiger partial charge on any atom is 0.417 e. The Kier molecular flexibility index (Phi) is 4.48. The first-order valence-electron chi connectivity index (χ1n) is 7.39. The van der Waals surface area contributed by atoms with Gasteiger partial charge in [0.15, 0.2) is 5.60 Å². The lowest BCUT2D eigenvalue weighted by Gasteiger charge is -2.37. The minimum Gasteiger partial charge on any atom is -0.380 e. The number of halogens is 3. The first-order valence-corrected chi connectivity index (χ1v) is 9.15. The van der Waals surface area contributed by atoms with Gasteiger partial charge in [-0.15, -0.1) is 22.7 Å². The first kappa shape index (κ1) is 17.4. The standard InChI is InChI=1S/C16H16F3NO2S2/c1-15(22,16(17,18)19)9-13(21)20-6-4-11-10(5-8-24-11)14(20)12-3-2-7-23-12/h2-3,5,7-8,14,22H,4,6,9H2,1H3/t14-,15+/m0/s1. The Hall–Kier alpha value is -1.38. The van der Waals surface area contributed by atoms with Gasteiger partial charge in [0, 0.05) is 16.3 Å². The Balaban J connectivity index is 1.91. The third kappa shape index (κ3) is 3.10. The molecule has 1 N–H and O–H groups in total. The van der Waals surface area contributed by atoms with Crippen LogP contribution in [0.2, 0.25) is 0 Å². The van der Waals surface area contributed by atoms with Gasteiger partial charge in [-0.2, -0.15) is 13.2 Å². The molecule has 0 aliphatic carbocycles. The highest BCUT2D eigenvalue weighted by Gasteiger charge is 2.52. The van der Waals surface area contributed by atoms with E-state index in [-0.39, 0.29) is 6.04 Å². The third-order valence-electron chi connectivity index (χ3n) is 4.21. The summed E-state index contributed by atoms with van der Waals surface area (Å²) in [4.78, 5) is 16.1. The van der Waals surface area contributed by atoms with Gasteiger partial charge < -0.3 is 10.0 Å². The number of aliphatic hydroxyl groups is 1. The van der Waals surface area contributed by atoms with Crippen LogP contribution >= 0.6 is 22.7 Å². The van der Waals surface area contributed by atoms with Crippen LogP contribution in [-0.4, -0.2) is 34.2 Å². The number of carbonyl (C=O) groups excluding carboxylic acids is 1. The van der Waals surface area contributed by atoms with Crippen LogP contribution in [0.5, 0.6) is 0 Å². The SMILES string of the molecule is C[C@@](O)(CC(=O)N1CCc2sccc2[C@H]1c1cccs1)C(F)(F)F. The van der Waals surface area contributed by atoms with Crippen molar-refractivity contribution in [2.75, 3.05) is 6.54 Å². The van der Waals surface area contributed by atoms with Crippen molar-refractivity contribution in [1.82, 2.24) is 4.90 Å². The number of nitrogens with zero attached hydrogens (tertiary/aromatic N) is 1. The van der Waals surface area contributed by atoms with Crippen LogP contribution in [0, 0.1) is 0 Å². The fourth-order valence-corrected chi connectivity index (χ4v) is 4.59. The van der Waals surface area contributed by atoms with E-state index in [1.54, 1.807) is 11.3 Å². The summed E-state index contributed by atoms with van der Waals surface area (Å²) < 4.78 is 38.7. The van der Waals surface area contributed by atoms with Gasteiger partial charge in [0.1, 0.15) is 0 Å². The second-order valence-corrected chi connectivity index (χ2v) is 7.98. The number of thiophene rings is 2. The molecule has 0 unspecified atom stereocenters. The molecule has 1 aliphatic heterocycles. The van der Waals surface area contributed by atoms with E-state index < -0.39 is 24.1 Å². The maximum atomic E-state index is 12.9. The van der Waals surface area contributed by atoms with Crippen LogP contribution < -0.4 is 0 Å². The summed E-state index contributed by atoms with van der Waals surface area (Å²) in [5, 5.41) is 13.5. The van der Waals surface area contributed by atoms with Gasteiger partial charge in [-0.1, -0.05) is 6.07 Å². The fraction of sp³-hybridized carbons (Fsp3) is 0.438. The molecule has 0 fully saturated rings. The second-order valence-electron chi connectivity index (χ2n) is 6.00. The van der Waals surface area contributed by atoms with Gasteiger partial charge in [-0.25, -0.2) is 0 Å². The molecule has 2 atom stereocenters. The zero-order chi connectivity index (χ0) is 17.5. The number of hydrogen-bond acceptors (Lipinski definition) is 4. The van der Waals surface area contributed by atoms with Crippen LogP contribution in [0.15, 0.2) is 29.0 Å². The number of rotatable bonds is 3. The lowest BCUT2D eigenvalue weighted by molar-refractivity contribution is -0.254. The largest absolute Gasteiger partial charge is 0.417 e. The van der Waals surface area contributed by atoms with Gasteiger partial charge in [0.2, 0.25) is 5.91 Å². The van der Waals surface area contributed by atoms with Crippen molar-refractivity contribution in [2.24, 2.45) is 0 Å². The number of fused-ring (bicyclic) bond motifs is 1. The first-order chi connectivity index (χ1) is 11.2. The summed E-state index contributed by atoms with van der Waals surface area (Å²) in [5.74, 6) is -0.687. The average Bonchev–Trinajstić information content (AvgIpc) is 3.15. The highest BCUT2D eigenvalue weighted by atomic mass is 32.1. The van der Waals surface area contributed by atoms with Gasteiger partial charge in [-0.3, -0.25) is 4.79 Å². The molecule has 0 spiro atoms. The van der Waals surface area contributed by atoms with E-state index in [9.17, 15) is 23.1 Å². The average molecular weight is 375 g/mol. The molecule has 0 saturated carbocycles. The Bertz CT molecular complexity index is 722. The molecule has 1 amide bonds. The van der Waals surface area contributed by atoms with Crippen molar-refractivity contribution >= 4 is 28.6 Å². The van der Waals surface area contributed by atoms with E-state index in [0.717, 1.165) is 15.3 Å². The molecule has 24 heavy (non-hydrogen) atoms. The van der Waals surface area contributed by atoms with Gasteiger partial charge in [0.25, 0.3) is 0 Å².